The topological polar surface area (TPSA) is 139 Å². The van der Waals surface area contributed by atoms with Gasteiger partial charge in [0.2, 0.25) is 10.0 Å². The van der Waals surface area contributed by atoms with E-state index in [9.17, 15) is 22.8 Å². The molecule has 0 bridgehead atoms. The third-order valence-corrected chi connectivity index (χ3v) is 7.68. The number of carbonyl (C=O) groups is 1. The molecular weight excluding hydrogens is 458 g/mol. The number of nitrogen functional groups attached to an aromatic ring is 1. The van der Waals surface area contributed by atoms with Crippen LogP contribution in [0.1, 0.15) is 43.0 Å². The number of anilines is 2. The molecule has 0 saturated carbocycles. The van der Waals surface area contributed by atoms with E-state index in [1.165, 1.54) is 34.1 Å². The first-order valence-electron chi connectivity index (χ1n) is 10.3. The molecule has 0 spiro atoms. The number of hydrogen-bond donors (Lipinski definition) is 2. The number of benzene rings is 1. The minimum absolute atomic E-state index is 0.0246. The monoisotopic (exact) mass is 483 g/mol. The van der Waals surface area contributed by atoms with Gasteiger partial charge in [0.15, 0.2) is 5.69 Å². The first-order chi connectivity index (χ1) is 15.1. The van der Waals surface area contributed by atoms with Crippen molar-refractivity contribution in [3.8, 4) is 0 Å². The minimum Gasteiger partial charge on any atom is -0.383 e. The van der Waals surface area contributed by atoms with Gasteiger partial charge in [-0.3, -0.25) is 19.1 Å². The standard InChI is InChI=1S/C20H26ClN5O5S/c1-3-4-11-26-17(22)16(18(27)23-20(26)29)24(2)19(28)14-12-13(7-8-15(14)21)32(30,31)25-9-5-6-10-25/h7-8,12H,3-6,9-11,22H2,1-2H3,(H,23,27,29). The number of nitrogens with two attached hydrogens (primary N) is 1. The molecule has 3 N–H and O–H groups in total. The second kappa shape index (κ2) is 9.47. The second-order valence-corrected chi connectivity index (χ2v) is 9.96. The van der Waals surface area contributed by atoms with Gasteiger partial charge in [-0.15, -0.1) is 0 Å². The van der Waals surface area contributed by atoms with Crippen molar-refractivity contribution in [3.63, 3.8) is 0 Å². The van der Waals surface area contributed by atoms with Crippen LogP contribution in [0.2, 0.25) is 5.02 Å². The Morgan fingerprint density at radius 3 is 2.53 bits per heavy atom. The molecule has 0 aliphatic carbocycles. The molecule has 0 atom stereocenters. The summed E-state index contributed by atoms with van der Waals surface area (Å²) in [6, 6.07) is 3.88. The van der Waals surface area contributed by atoms with Gasteiger partial charge in [0, 0.05) is 26.7 Å². The highest BCUT2D eigenvalue weighted by atomic mass is 35.5. The van der Waals surface area contributed by atoms with Gasteiger partial charge in [-0.1, -0.05) is 24.9 Å². The Morgan fingerprint density at radius 1 is 1.25 bits per heavy atom. The number of halogens is 1. The van der Waals surface area contributed by atoms with Crippen LogP contribution in [0.4, 0.5) is 11.5 Å². The molecule has 1 aliphatic heterocycles. The number of rotatable bonds is 7. The van der Waals surface area contributed by atoms with E-state index in [0.717, 1.165) is 24.2 Å². The molecule has 1 amide bonds. The van der Waals surface area contributed by atoms with Gasteiger partial charge in [-0.05, 0) is 37.5 Å². The second-order valence-electron chi connectivity index (χ2n) is 7.62. The van der Waals surface area contributed by atoms with Gasteiger partial charge in [-0.2, -0.15) is 4.31 Å². The summed E-state index contributed by atoms with van der Waals surface area (Å²) in [7, 11) is -2.46. The van der Waals surface area contributed by atoms with Crippen LogP contribution in [-0.2, 0) is 16.6 Å². The molecule has 0 radical (unpaired) electrons. The Balaban J connectivity index is 2.03. The fraction of sp³-hybridized carbons (Fsp3) is 0.450. The fourth-order valence-electron chi connectivity index (χ4n) is 3.63. The van der Waals surface area contributed by atoms with Crippen LogP contribution in [0.5, 0.6) is 0 Å². The van der Waals surface area contributed by atoms with Gasteiger partial charge in [0.1, 0.15) is 5.82 Å². The van der Waals surface area contributed by atoms with Crippen molar-refractivity contribution in [2.45, 2.75) is 44.0 Å². The molecule has 32 heavy (non-hydrogen) atoms. The zero-order chi connectivity index (χ0) is 23.6. The summed E-state index contributed by atoms with van der Waals surface area (Å²) in [6.45, 7) is 3.05. The minimum atomic E-state index is -3.77. The third kappa shape index (κ3) is 4.45. The summed E-state index contributed by atoms with van der Waals surface area (Å²) in [6.07, 6.45) is 2.99. The average molecular weight is 484 g/mol. The Labute approximate surface area is 190 Å². The number of aromatic nitrogens is 2. The SMILES string of the molecule is CCCCn1c(N)c(N(C)C(=O)c2cc(S(=O)(=O)N3CCCC3)ccc2Cl)c(=O)[nH]c1=O. The van der Waals surface area contributed by atoms with Gasteiger partial charge >= 0.3 is 5.69 Å². The maximum Gasteiger partial charge on any atom is 0.330 e. The van der Waals surface area contributed by atoms with Crippen LogP contribution in [0, 0.1) is 0 Å². The normalized spacial score (nSPS) is 14.6. The van der Waals surface area contributed by atoms with Crippen LogP contribution >= 0.6 is 11.6 Å². The van der Waals surface area contributed by atoms with Crippen LogP contribution in [0.15, 0.2) is 32.7 Å². The fourth-order valence-corrected chi connectivity index (χ4v) is 5.37. The lowest BCUT2D eigenvalue weighted by Crippen LogP contribution is -2.39. The molecule has 2 aromatic rings. The van der Waals surface area contributed by atoms with Crippen LogP contribution in [0.3, 0.4) is 0 Å². The van der Waals surface area contributed by atoms with E-state index in [4.69, 9.17) is 17.3 Å². The Hall–Kier alpha value is -2.63. The summed E-state index contributed by atoms with van der Waals surface area (Å²) in [5.74, 6) is -0.883. The number of nitrogens with one attached hydrogen (secondary N) is 1. The van der Waals surface area contributed by atoms with Gasteiger partial charge in [0.25, 0.3) is 11.5 Å². The van der Waals surface area contributed by atoms with E-state index in [2.05, 4.69) is 4.98 Å². The summed E-state index contributed by atoms with van der Waals surface area (Å²) in [5.41, 5.74) is 4.27. The lowest BCUT2D eigenvalue weighted by atomic mass is 10.2. The quantitative estimate of drug-likeness (QED) is 0.613. The molecule has 174 valence electrons. The molecule has 1 aromatic heterocycles. The smallest absolute Gasteiger partial charge is 0.330 e. The highest BCUT2D eigenvalue weighted by Crippen LogP contribution is 2.27. The molecule has 12 heteroatoms. The first kappa shape index (κ1) is 24.0. The van der Waals surface area contributed by atoms with Gasteiger partial charge in [0.05, 0.1) is 15.5 Å². The van der Waals surface area contributed by atoms with Crippen molar-refractivity contribution in [1.29, 1.82) is 0 Å². The lowest BCUT2D eigenvalue weighted by Gasteiger charge is -2.21. The molecule has 2 heterocycles. The number of carbonyl (C=O) groups excluding carboxylic acids is 1. The number of nitrogens with zero attached hydrogens (tertiary/aromatic N) is 3. The first-order valence-corrected chi connectivity index (χ1v) is 12.1. The number of unbranched alkanes of at least 4 members (excludes halogenated alkanes) is 1. The molecule has 10 nitrogen and oxygen atoms in total. The summed E-state index contributed by atoms with van der Waals surface area (Å²) in [4.78, 5) is 40.9. The van der Waals surface area contributed by atoms with Crippen molar-refractivity contribution in [1.82, 2.24) is 13.9 Å². The Kier molecular flexibility index (Phi) is 7.11. The summed E-state index contributed by atoms with van der Waals surface area (Å²) >= 11 is 6.21. The van der Waals surface area contributed by atoms with Crippen molar-refractivity contribution in [2.24, 2.45) is 0 Å². The largest absolute Gasteiger partial charge is 0.383 e. The van der Waals surface area contributed by atoms with E-state index >= 15 is 0 Å². The van der Waals surface area contributed by atoms with Crippen molar-refractivity contribution < 1.29 is 13.2 Å². The average Bonchev–Trinajstić information content (AvgIpc) is 3.29. The number of sulfonamides is 1. The summed E-state index contributed by atoms with van der Waals surface area (Å²) in [5, 5.41) is 0.0246. The van der Waals surface area contributed by atoms with E-state index in [0.29, 0.717) is 19.5 Å². The molecule has 1 aromatic carbocycles. The van der Waals surface area contributed by atoms with Crippen LogP contribution in [-0.4, -0.2) is 48.3 Å². The molecule has 3 rings (SSSR count). The predicted molar refractivity (Wildman–Crippen MR) is 123 cm³/mol. The van der Waals surface area contributed by atoms with Crippen molar-refractivity contribution >= 4 is 39.0 Å². The zero-order valence-electron chi connectivity index (χ0n) is 17.9. The number of amides is 1. The highest BCUT2D eigenvalue weighted by molar-refractivity contribution is 7.89. The summed E-state index contributed by atoms with van der Waals surface area (Å²) < 4.78 is 28.3. The lowest BCUT2D eigenvalue weighted by molar-refractivity contribution is 0.0992. The molecule has 0 unspecified atom stereocenters. The molecular formula is C20H26ClN5O5S. The maximum absolute atomic E-state index is 13.2. The molecule has 1 aliphatic rings. The molecule has 1 fully saturated rings. The zero-order valence-corrected chi connectivity index (χ0v) is 19.5. The van der Waals surface area contributed by atoms with Crippen molar-refractivity contribution in [2.75, 3.05) is 30.8 Å². The van der Waals surface area contributed by atoms with Crippen LogP contribution < -0.4 is 21.9 Å². The van der Waals surface area contributed by atoms with E-state index < -0.39 is 27.2 Å². The number of aromatic amines is 1. The maximum atomic E-state index is 13.2. The van der Waals surface area contributed by atoms with Crippen LogP contribution in [0.25, 0.3) is 0 Å². The predicted octanol–water partition coefficient (Wildman–Crippen LogP) is 1.63. The van der Waals surface area contributed by atoms with E-state index in [1.54, 1.807) is 0 Å². The highest BCUT2D eigenvalue weighted by Gasteiger charge is 2.30. The number of hydrogen-bond acceptors (Lipinski definition) is 6. The van der Waals surface area contributed by atoms with E-state index in [-0.39, 0.29) is 33.5 Å². The Morgan fingerprint density at radius 2 is 1.91 bits per heavy atom. The van der Waals surface area contributed by atoms with Gasteiger partial charge < -0.3 is 10.6 Å². The molecule has 1 saturated heterocycles. The van der Waals surface area contributed by atoms with Gasteiger partial charge in [-0.25, -0.2) is 13.2 Å². The van der Waals surface area contributed by atoms with E-state index in [1.807, 2.05) is 6.92 Å². The van der Waals surface area contributed by atoms with Crippen molar-refractivity contribution in [3.05, 3.63) is 49.6 Å². The number of H-pyrrole nitrogens is 1. The third-order valence-electron chi connectivity index (χ3n) is 5.46. The Bertz CT molecular complexity index is 1250.